The third-order valence-electron chi connectivity index (χ3n) is 5.25. The molecule has 2 aromatic carbocycles. The highest BCUT2D eigenvalue weighted by Gasteiger charge is 2.53. The Morgan fingerprint density at radius 3 is 2.11 bits per heavy atom. The lowest BCUT2D eigenvalue weighted by Crippen LogP contribution is -2.58. The van der Waals surface area contributed by atoms with Gasteiger partial charge in [-0.25, -0.2) is 4.39 Å². The summed E-state index contributed by atoms with van der Waals surface area (Å²) in [5, 5.41) is 0.315. The van der Waals surface area contributed by atoms with Gasteiger partial charge < -0.3 is 4.74 Å². The molecule has 1 heterocycles. The van der Waals surface area contributed by atoms with Crippen LogP contribution in [0, 0.1) is 5.82 Å². The van der Waals surface area contributed by atoms with Crippen LogP contribution in [0.4, 0.5) is 4.39 Å². The number of rotatable bonds is 3. The molecule has 0 aliphatic carbocycles. The lowest BCUT2D eigenvalue weighted by molar-refractivity contribution is -0.184. The van der Waals surface area contributed by atoms with E-state index in [2.05, 4.69) is 0 Å². The molecule has 1 aliphatic heterocycles. The van der Waals surface area contributed by atoms with Gasteiger partial charge in [0.25, 0.3) is 0 Å². The van der Waals surface area contributed by atoms with Crippen LogP contribution in [0.5, 0.6) is 0 Å². The number of Topliss-reactive ketones (excluding diaryl/α,β-unsaturated/α-hetero) is 2. The van der Waals surface area contributed by atoms with Gasteiger partial charge in [0.15, 0.2) is 11.6 Å². The molecule has 0 N–H and O–H groups in total. The first-order chi connectivity index (χ1) is 13.0. The molecule has 0 unspecified atom stereocenters. The van der Waals surface area contributed by atoms with Crippen LogP contribution in [0.1, 0.15) is 51.7 Å². The van der Waals surface area contributed by atoms with Crippen molar-refractivity contribution in [1.82, 2.24) is 0 Å². The average molecular weight is 403 g/mol. The summed E-state index contributed by atoms with van der Waals surface area (Å²) in [6, 6.07) is 9.86. The Morgan fingerprint density at radius 1 is 0.964 bits per heavy atom. The van der Waals surface area contributed by atoms with Gasteiger partial charge in [0.1, 0.15) is 22.9 Å². The predicted molar refractivity (Wildman–Crippen MR) is 108 cm³/mol. The molecular formula is C23H24ClFO3. The Kier molecular flexibility index (Phi) is 5.24. The van der Waals surface area contributed by atoms with Crippen molar-refractivity contribution in [2.45, 2.75) is 58.2 Å². The summed E-state index contributed by atoms with van der Waals surface area (Å²) in [5.74, 6) is -1.78. The summed E-state index contributed by atoms with van der Waals surface area (Å²) >= 11 is 5.98. The van der Waals surface area contributed by atoms with Crippen molar-refractivity contribution in [3.63, 3.8) is 0 Å². The first kappa shape index (κ1) is 20.7. The molecule has 3 rings (SSSR count). The molecule has 5 heteroatoms. The van der Waals surface area contributed by atoms with E-state index < -0.39 is 22.9 Å². The van der Waals surface area contributed by atoms with Crippen molar-refractivity contribution in [2.75, 3.05) is 0 Å². The third-order valence-corrected chi connectivity index (χ3v) is 5.47. The van der Waals surface area contributed by atoms with Crippen molar-refractivity contribution in [2.24, 2.45) is 0 Å². The number of carbonyl (C=O) groups excluding carboxylic acids is 2. The summed E-state index contributed by atoms with van der Waals surface area (Å²) in [6.07, 6.45) is 0.630. The lowest BCUT2D eigenvalue weighted by Gasteiger charge is -2.43. The second-order valence-corrected chi connectivity index (χ2v) is 8.65. The third kappa shape index (κ3) is 3.63. The monoisotopic (exact) mass is 402 g/mol. The van der Waals surface area contributed by atoms with Gasteiger partial charge in [-0.05, 0) is 74.6 Å². The highest BCUT2D eigenvalue weighted by Crippen LogP contribution is 2.40. The van der Waals surface area contributed by atoms with E-state index in [1.165, 1.54) is 12.1 Å². The number of ether oxygens (including phenoxy) is 1. The van der Waals surface area contributed by atoms with Crippen molar-refractivity contribution in [1.29, 1.82) is 0 Å². The molecule has 0 atom stereocenters. The minimum Gasteiger partial charge on any atom is -0.354 e. The van der Waals surface area contributed by atoms with E-state index in [0.29, 0.717) is 22.6 Å². The molecule has 1 aliphatic rings. The van der Waals surface area contributed by atoms with Crippen molar-refractivity contribution in [3.05, 3.63) is 58.4 Å². The number of aryl methyl sites for hydroxylation is 1. The number of hydrogen-bond acceptors (Lipinski definition) is 3. The number of benzene rings is 2. The fraction of sp³-hybridized carbons (Fsp3) is 0.391. The van der Waals surface area contributed by atoms with Gasteiger partial charge in [0.2, 0.25) is 0 Å². The standard InChI is InChI=1S/C23H24ClFO3/c1-6-13-9-14(15-10-16(24)12-17(25)11-15)7-8-18(13)19-20(26)22(2,3)28-23(4,5)21(19)27/h7-12,19H,6H2,1-5H3. The normalized spacial score (nSPS) is 19.1. The maximum Gasteiger partial charge on any atom is 0.179 e. The van der Waals surface area contributed by atoms with Crippen LogP contribution in [0.15, 0.2) is 36.4 Å². The van der Waals surface area contributed by atoms with E-state index in [-0.39, 0.29) is 11.6 Å². The van der Waals surface area contributed by atoms with E-state index >= 15 is 0 Å². The lowest BCUT2D eigenvalue weighted by atomic mass is 9.73. The van der Waals surface area contributed by atoms with Gasteiger partial charge >= 0.3 is 0 Å². The molecular weight excluding hydrogens is 379 g/mol. The van der Waals surface area contributed by atoms with Gasteiger partial charge in [-0.1, -0.05) is 36.7 Å². The van der Waals surface area contributed by atoms with Crippen LogP contribution in [-0.4, -0.2) is 22.8 Å². The summed E-state index contributed by atoms with van der Waals surface area (Å²) in [6.45, 7) is 8.76. The number of carbonyl (C=O) groups is 2. The fourth-order valence-electron chi connectivity index (χ4n) is 3.93. The van der Waals surface area contributed by atoms with E-state index in [1.54, 1.807) is 45.9 Å². The van der Waals surface area contributed by atoms with E-state index in [0.717, 1.165) is 11.1 Å². The zero-order valence-electron chi connectivity index (χ0n) is 16.7. The number of hydrogen-bond donors (Lipinski definition) is 0. The topological polar surface area (TPSA) is 43.4 Å². The summed E-state index contributed by atoms with van der Waals surface area (Å²) in [7, 11) is 0. The SMILES string of the molecule is CCc1cc(-c2cc(F)cc(Cl)c2)ccc1C1C(=O)C(C)(C)OC(C)(C)C1=O. The first-order valence-electron chi connectivity index (χ1n) is 9.34. The first-order valence-corrected chi connectivity index (χ1v) is 9.72. The molecule has 0 radical (unpaired) electrons. The van der Waals surface area contributed by atoms with Crippen LogP contribution in [-0.2, 0) is 20.7 Å². The molecule has 28 heavy (non-hydrogen) atoms. The molecule has 148 valence electrons. The number of halogens is 2. The Bertz CT molecular complexity index is 916. The van der Waals surface area contributed by atoms with Crippen LogP contribution in [0.25, 0.3) is 11.1 Å². The molecule has 2 aromatic rings. The Hall–Kier alpha value is -2.04. The van der Waals surface area contributed by atoms with E-state index in [9.17, 15) is 14.0 Å². The summed E-state index contributed by atoms with van der Waals surface area (Å²) in [4.78, 5) is 26.1. The molecule has 0 aromatic heterocycles. The van der Waals surface area contributed by atoms with E-state index in [4.69, 9.17) is 16.3 Å². The molecule has 1 saturated heterocycles. The van der Waals surface area contributed by atoms with Crippen molar-refractivity contribution in [3.8, 4) is 11.1 Å². The van der Waals surface area contributed by atoms with E-state index in [1.807, 2.05) is 13.0 Å². The van der Waals surface area contributed by atoms with Crippen molar-refractivity contribution >= 4 is 23.2 Å². The summed E-state index contributed by atoms with van der Waals surface area (Å²) in [5.41, 5.74) is 0.888. The number of ketones is 2. The minimum absolute atomic E-state index is 0.243. The Labute approximate surface area is 169 Å². The highest BCUT2D eigenvalue weighted by atomic mass is 35.5. The molecule has 0 amide bonds. The maximum absolute atomic E-state index is 13.8. The zero-order chi connectivity index (χ0) is 20.9. The van der Waals surface area contributed by atoms with Crippen LogP contribution < -0.4 is 0 Å². The second kappa shape index (κ2) is 7.09. The largest absolute Gasteiger partial charge is 0.354 e. The van der Waals surface area contributed by atoms with Gasteiger partial charge in [0, 0.05) is 5.02 Å². The molecule has 0 bridgehead atoms. The smallest absolute Gasteiger partial charge is 0.179 e. The van der Waals surface area contributed by atoms with Gasteiger partial charge in [-0.3, -0.25) is 9.59 Å². The predicted octanol–water partition coefficient (Wildman–Crippen LogP) is 5.52. The van der Waals surface area contributed by atoms with Gasteiger partial charge in [-0.15, -0.1) is 0 Å². The zero-order valence-corrected chi connectivity index (χ0v) is 17.5. The van der Waals surface area contributed by atoms with Gasteiger partial charge in [0.05, 0.1) is 0 Å². The van der Waals surface area contributed by atoms with Crippen molar-refractivity contribution < 1.29 is 18.7 Å². The highest BCUT2D eigenvalue weighted by molar-refractivity contribution is 6.30. The van der Waals surface area contributed by atoms with Crippen LogP contribution >= 0.6 is 11.6 Å². The molecule has 1 fully saturated rings. The second-order valence-electron chi connectivity index (χ2n) is 8.21. The quantitative estimate of drug-likeness (QED) is 0.635. The average Bonchev–Trinajstić information content (AvgIpc) is 2.59. The molecule has 0 saturated carbocycles. The summed E-state index contributed by atoms with van der Waals surface area (Å²) < 4.78 is 19.5. The molecule has 3 nitrogen and oxygen atoms in total. The fourth-order valence-corrected chi connectivity index (χ4v) is 4.15. The molecule has 0 spiro atoms. The van der Waals surface area contributed by atoms with Crippen LogP contribution in [0.2, 0.25) is 5.02 Å². The maximum atomic E-state index is 13.8. The Balaban J connectivity index is 2.12. The minimum atomic E-state index is -1.05. The Morgan fingerprint density at radius 2 is 1.57 bits per heavy atom. The van der Waals surface area contributed by atoms with Crippen LogP contribution in [0.3, 0.4) is 0 Å². The van der Waals surface area contributed by atoms with Gasteiger partial charge in [-0.2, -0.15) is 0 Å².